The van der Waals surface area contributed by atoms with Crippen LogP contribution < -0.4 is 10.1 Å². The van der Waals surface area contributed by atoms with E-state index in [9.17, 15) is 0 Å². The summed E-state index contributed by atoms with van der Waals surface area (Å²) in [7, 11) is 0. The monoisotopic (exact) mass is 269 g/mol. The number of para-hydroxylation sites is 2. The van der Waals surface area contributed by atoms with Gasteiger partial charge in [-0.1, -0.05) is 57.2 Å². The molecule has 2 aromatic carbocycles. The normalized spacial score (nSPS) is 11.2. The summed E-state index contributed by atoms with van der Waals surface area (Å²) < 4.78 is 5.92. The van der Waals surface area contributed by atoms with Crippen molar-refractivity contribution >= 4 is 5.69 Å². The second-order valence-corrected chi connectivity index (χ2v) is 5.89. The Kier molecular flexibility index (Phi) is 4.67. The number of anilines is 1. The first-order valence-corrected chi connectivity index (χ1v) is 7.08. The van der Waals surface area contributed by atoms with Gasteiger partial charge in [0.15, 0.2) is 0 Å². The Hall–Kier alpha value is -1.96. The van der Waals surface area contributed by atoms with Crippen molar-refractivity contribution in [3.63, 3.8) is 0 Å². The highest BCUT2D eigenvalue weighted by Gasteiger charge is 2.18. The van der Waals surface area contributed by atoms with E-state index >= 15 is 0 Å². The number of ether oxygens (including phenoxy) is 1. The number of rotatable bonds is 5. The van der Waals surface area contributed by atoms with Gasteiger partial charge in [0, 0.05) is 12.2 Å². The smallest absolute Gasteiger partial charge is 0.123 e. The molecule has 0 atom stereocenters. The minimum absolute atomic E-state index is 0.101. The van der Waals surface area contributed by atoms with Gasteiger partial charge in [0.1, 0.15) is 12.4 Å². The van der Waals surface area contributed by atoms with E-state index in [1.807, 2.05) is 30.3 Å². The standard InChI is InChI=1S/C18H23NO/c1-18(2,3)16-11-7-8-12-17(16)20-14-13-19-15-9-5-4-6-10-15/h4-12,19H,13-14H2,1-3H3. The first kappa shape index (κ1) is 14.4. The lowest BCUT2D eigenvalue weighted by atomic mass is 9.86. The summed E-state index contributed by atoms with van der Waals surface area (Å²) in [4.78, 5) is 0. The molecule has 0 radical (unpaired) electrons. The fourth-order valence-electron chi connectivity index (χ4n) is 2.12. The van der Waals surface area contributed by atoms with Crippen LogP contribution >= 0.6 is 0 Å². The van der Waals surface area contributed by atoms with Crippen molar-refractivity contribution < 1.29 is 4.74 Å². The van der Waals surface area contributed by atoms with Crippen molar-refractivity contribution in [3.8, 4) is 5.75 Å². The van der Waals surface area contributed by atoms with Crippen LogP contribution in [-0.2, 0) is 5.41 Å². The Bertz CT molecular complexity index is 529. The van der Waals surface area contributed by atoms with Gasteiger partial charge in [0.25, 0.3) is 0 Å². The van der Waals surface area contributed by atoms with Gasteiger partial charge in [-0.05, 0) is 29.2 Å². The molecule has 0 saturated heterocycles. The van der Waals surface area contributed by atoms with Gasteiger partial charge in [-0.15, -0.1) is 0 Å². The van der Waals surface area contributed by atoms with E-state index < -0.39 is 0 Å². The molecule has 0 aromatic heterocycles. The molecule has 0 aliphatic carbocycles. The summed E-state index contributed by atoms with van der Waals surface area (Å²) in [5, 5.41) is 3.35. The second kappa shape index (κ2) is 6.47. The maximum absolute atomic E-state index is 5.92. The van der Waals surface area contributed by atoms with E-state index in [2.05, 4.69) is 50.4 Å². The van der Waals surface area contributed by atoms with Crippen molar-refractivity contribution in [1.29, 1.82) is 0 Å². The number of hydrogen-bond donors (Lipinski definition) is 1. The molecule has 0 heterocycles. The average molecular weight is 269 g/mol. The SMILES string of the molecule is CC(C)(C)c1ccccc1OCCNc1ccccc1. The van der Waals surface area contributed by atoms with E-state index in [0.29, 0.717) is 6.61 Å². The zero-order chi connectivity index (χ0) is 14.4. The Morgan fingerprint density at radius 3 is 2.25 bits per heavy atom. The maximum Gasteiger partial charge on any atom is 0.123 e. The molecular formula is C18H23NO. The zero-order valence-corrected chi connectivity index (χ0v) is 12.5. The Balaban J connectivity index is 1.89. The van der Waals surface area contributed by atoms with Gasteiger partial charge in [-0.2, -0.15) is 0 Å². The van der Waals surface area contributed by atoms with Gasteiger partial charge in [-0.25, -0.2) is 0 Å². The maximum atomic E-state index is 5.92. The van der Waals surface area contributed by atoms with E-state index in [-0.39, 0.29) is 5.41 Å². The molecule has 0 aliphatic heterocycles. The lowest BCUT2D eigenvalue weighted by molar-refractivity contribution is 0.323. The van der Waals surface area contributed by atoms with Crippen LogP contribution in [0.1, 0.15) is 26.3 Å². The molecule has 2 aromatic rings. The third-order valence-corrected chi connectivity index (χ3v) is 3.16. The average Bonchev–Trinajstić information content (AvgIpc) is 2.44. The molecule has 0 amide bonds. The van der Waals surface area contributed by atoms with Gasteiger partial charge < -0.3 is 10.1 Å². The summed E-state index contributed by atoms with van der Waals surface area (Å²) in [6.07, 6.45) is 0. The number of benzene rings is 2. The lowest BCUT2D eigenvalue weighted by Gasteiger charge is -2.22. The van der Waals surface area contributed by atoms with Gasteiger partial charge >= 0.3 is 0 Å². The lowest BCUT2D eigenvalue weighted by Crippen LogP contribution is -2.16. The van der Waals surface area contributed by atoms with Gasteiger partial charge in [0.05, 0.1) is 0 Å². The predicted octanol–water partition coefficient (Wildman–Crippen LogP) is 4.48. The summed E-state index contributed by atoms with van der Waals surface area (Å²) in [6.45, 7) is 8.07. The van der Waals surface area contributed by atoms with Crippen LogP contribution in [-0.4, -0.2) is 13.2 Å². The summed E-state index contributed by atoms with van der Waals surface area (Å²) in [6, 6.07) is 18.5. The first-order valence-electron chi connectivity index (χ1n) is 7.08. The van der Waals surface area contributed by atoms with Crippen molar-refractivity contribution in [2.75, 3.05) is 18.5 Å². The molecule has 0 spiro atoms. The Morgan fingerprint density at radius 1 is 0.900 bits per heavy atom. The van der Waals surface area contributed by atoms with Crippen LogP contribution in [0.4, 0.5) is 5.69 Å². The molecular weight excluding hydrogens is 246 g/mol. The fraction of sp³-hybridized carbons (Fsp3) is 0.333. The van der Waals surface area contributed by atoms with Crippen molar-refractivity contribution in [3.05, 3.63) is 60.2 Å². The first-order chi connectivity index (χ1) is 9.57. The van der Waals surface area contributed by atoms with Crippen molar-refractivity contribution in [1.82, 2.24) is 0 Å². The Labute approximate surface area is 121 Å². The molecule has 2 nitrogen and oxygen atoms in total. The van der Waals surface area contributed by atoms with Crippen molar-refractivity contribution in [2.24, 2.45) is 0 Å². The van der Waals surface area contributed by atoms with E-state index in [4.69, 9.17) is 4.74 Å². The molecule has 0 bridgehead atoms. The van der Waals surface area contributed by atoms with Gasteiger partial charge in [-0.3, -0.25) is 0 Å². The quantitative estimate of drug-likeness (QED) is 0.808. The van der Waals surface area contributed by atoms with Crippen LogP contribution in [0.15, 0.2) is 54.6 Å². The predicted molar refractivity (Wildman–Crippen MR) is 85.6 cm³/mol. The van der Waals surface area contributed by atoms with Crippen LogP contribution in [0.25, 0.3) is 0 Å². The topological polar surface area (TPSA) is 21.3 Å². The summed E-state index contributed by atoms with van der Waals surface area (Å²) in [5.74, 6) is 0.981. The zero-order valence-electron chi connectivity index (χ0n) is 12.5. The molecule has 0 saturated carbocycles. The minimum atomic E-state index is 0.101. The minimum Gasteiger partial charge on any atom is -0.491 e. The summed E-state index contributed by atoms with van der Waals surface area (Å²) >= 11 is 0. The Morgan fingerprint density at radius 2 is 1.55 bits per heavy atom. The van der Waals surface area contributed by atoms with E-state index in [1.165, 1.54) is 5.56 Å². The highest BCUT2D eigenvalue weighted by Crippen LogP contribution is 2.30. The molecule has 20 heavy (non-hydrogen) atoms. The molecule has 2 rings (SSSR count). The molecule has 2 heteroatoms. The number of hydrogen-bond acceptors (Lipinski definition) is 2. The largest absolute Gasteiger partial charge is 0.491 e. The fourth-order valence-corrected chi connectivity index (χ4v) is 2.12. The number of nitrogens with one attached hydrogen (secondary N) is 1. The third kappa shape index (κ3) is 4.02. The van der Waals surface area contributed by atoms with E-state index in [0.717, 1.165) is 18.0 Å². The second-order valence-electron chi connectivity index (χ2n) is 5.89. The molecule has 0 fully saturated rings. The molecule has 0 aliphatic rings. The highest BCUT2D eigenvalue weighted by molar-refractivity contribution is 5.42. The van der Waals surface area contributed by atoms with Crippen LogP contribution in [0, 0.1) is 0 Å². The van der Waals surface area contributed by atoms with Gasteiger partial charge in [0.2, 0.25) is 0 Å². The summed E-state index contributed by atoms with van der Waals surface area (Å²) in [5.41, 5.74) is 2.48. The van der Waals surface area contributed by atoms with E-state index in [1.54, 1.807) is 0 Å². The van der Waals surface area contributed by atoms with Crippen LogP contribution in [0.3, 0.4) is 0 Å². The van der Waals surface area contributed by atoms with Crippen LogP contribution in [0.5, 0.6) is 5.75 Å². The molecule has 1 N–H and O–H groups in total. The van der Waals surface area contributed by atoms with Crippen molar-refractivity contribution in [2.45, 2.75) is 26.2 Å². The highest BCUT2D eigenvalue weighted by atomic mass is 16.5. The molecule has 0 unspecified atom stereocenters. The van der Waals surface area contributed by atoms with Crippen LogP contribution in [0.2, 0.25) is 0 Å². The third-order valence-electron chi connectivity index (χ3n) is 3.16. The molecule has 106 valence electrons.